The Kier molecular flexibility index (Phi) is 5.42. The number of anilines is 2. The van der Waals surface area contributed by atoms with Gasteiger partial charge in [0.1, 0.15) is 11.6 Å². The monoisotopic (exact) mass is 354 g/mol. The van der Waals surface area contributed by atoms with Crippen LogP contribution >= 0.6 is 0 Å². The predicted molar refractivity (Wildman–Crippen MR) is 105 cm³/mol. The van der Waals surface area contributed by atoms with Gasteiger partial charge in [-0.3, -0.25) is 5.41 Å². The van der Waals surface area contributed by atoms with Crippen molar-refractivity contribution in [2.45, 2.75) is 26.9 Å². The Hall–Kier alpha value is -2.60. The Morgan fingerprint density at radius 3 is 2.69 bits per heavy atom. The molecule has 0 atom stereocenters. The van der Waals surface area contributed by atoms with Gasteiger partial charge in [0.05, 0.1) is 25.0 Å². The molecule has 138 valence electrons. The van der Waals surface area contributed by atoms with Gasteiger partial charge in [0.15, 0.2) is 0 Å². The van der Waals surface area contributed by atoms with Gasteiger partial charge in [-0.25, -0.2) is 4.98 Å². The molecule has 6 nitrogen and oxygen atoms in total. The Morgan fingerprint density at radius 1 is 1.27 bits per heavy atom. The standard InChI is InChI=1S/C20H26N4O2/c1-13(2)26-16-10-14(3)19(21)17(12-16)20(22)15-4-5-23-18(11-15)24-6-8-25-9-7-24/h4-5,10-13,22H,6-9,21H2,1-3H3. The van der Waals surface area contributed by atoms with Crippen molar-refractivity contribution in [3.63, 3.8) is 0 Å². The van der Waals surface area contributed by atoms with Crippen LogP contribution in [0.2, 0.25) is 0 Å². The molecule has 3 rings (SSSR count). The van der Waals surface area contributed by atoms with E-state index in [1.54, 1.807) is 6.20 Å². The lowest BCUT2D eigenvalue weighted by molar-refractivity contribution is 0.122. The van der Waals surface area contributed by atoms with E-state index in [0.29, 0.717) is 30.2 Å². The Labute approximate surface area is 154 Å². The maximum atomic E-state index is 8.69. The Bertz CT molecular complexity index is 798. The smallest absolute Gasteiger partial charge is 0.129 e. The molecule has 1 fully saturated rings. The highest BCUT2D eigenvalue weighted by Gasteiger charge is 2.17. The van der Waals surface area contributed by atoms with Gasteiger partial charge in [0, 0.05) is 36.1 Å². The van der Waals surface area contributed by atoms with Crippen LogP contribution in [-0.4, -0.2) is 43.1 Å². The van der Waals surface area contributed by atoms with Gasteiger partial charge in [0.25, 0.3) is 0 Å². The average molecular weight is 354 g/mol. The quantitative estimate of drug-likeness (QED) is 0.637. The highest BCUT2D eigenvalue weighted by Crippen LogP contribution is 2.28. The first-order valence-electron chi connectivity index (χ1n) is 8.90. The number of rotatable bonds is 5. The highest BCUT2D eigenvalue weighted by molar-refractivity contribution is 6.14. The molecule has 26 heavy (non-hydrogen) atoms. The first-order chi connectivity index (χ1) is 12.5. The fourth-order valence-corrected chi connectivity index (χ4v) is 3.01. The molecular weight excluding hydrogens is 328 g/mol. The zero-order chi connectivity index (χ0) is 18.7. The summed E-state index contributed by atoms with van der Waals surface area (Å²) in [5.74, 6) is 1.59. The van der Waals surface area contributed by atoms with Gasteiger partial charge in [-0.05, 0) is 50.6 Å². The number of ether oxygens (including phenoxy) is 2. The van der Waals surface area contributed by atoms with Gasteiger partial charge in [-0.15, -0.1) is 0 Å². The molecule has 0 radical (unpaired) electrons. The van der Waals surface area contributed by atoms with Crippen LogP contribution in [0.15, 0.2) is 30.5 Å². The fourth-order valence-electron chi connectivity index (χ4n) is 3.01. The number of nitrogens with zero attached hydrogens (tertiary/aromatic N) is 2. The number of hydrogen-bond donors (Lipinski definition) is 2. The zero-order valence-corrected chi connectivity index (χ0v) is 15.6. The first kappa shape index (κ1) is 18.2. The molecule has 0 spiro atoms. The summed E-state index contributed by atoms with van der Waals surface area (Å²) in [5, 5.41) is 8.69. The molecule has 1 saturated heterocycles. The van der Waals surface area contributed by atoms with E-state index in [-0.39, 0.29) is 6.10 Å². The second-order valence-corrected chi connectivity index (χ2v) is 6.75. The van der Waals surface area contributed by atoms with Crippen LogP contribution in [0, 0.1) is 12.3 Å². The van der Waals surface area contributed by atoms with Crippen molar-refractivity contribution >= 4 is 17.2 Å². The number of nitrogen functional groups attached to an aromatic ring is 1. The fraction of sp³-hybridized carbons (Fsp3) is 0.400. The summed E-state index contributed by atoms with van der Waals surface area (Å²) in [7, 11) is 0. The van der Waals surface area contributed by atoms with Crippen LogP contribution in [0.4, 0.5) is 11.5 Å². The maximum absolute atomic E-state index is 8.69. The Balaban J connectivity index is 1.92. The third kappa shape index (κ3) is 3.96. The van der Waals surface area contributed by atoms with E-state index in [1.807, 2.05) is 45.0 Å². The third-order valence-corrected chi connectivity index (χ3v) is 4.37. The van der Waals surface area contributed by atoms with Crippen LogP contribution in [0.25, 0.3) is 0 Å². The predicted octanol–water partition coefficient (Wildman–Crippen LogP) is 3.01. The van der Waals surface area contributed by atoms with Crippen molar-refractivity contribution < 1.29 is 9.47 Å². The molecule has 0 bridgehead atoms. The SMILES string of the molecule is Cc1cc(OC(C)C)cc(C(=N)c2ccnc(N3CCOCC3)c2)c1N. The lowest BCUT2D eigenvalue weighted by atomic mass is 9.98. The molecule has 0 aliphatic carbocycles. The van der Waals surface area contributed by atoms with Crippen molar-refractivity contribution in [1.29, 1.82) is 5.41 Å². The summed E-state index contributed by atoms with van der Waals surface area (Å²) in [6.45, 7) is 8.91. The Morgan fingerprint density at radius 2 is 2.00 bits per heavy atom. The third-order valence-electron chi connectivity index (χ3n) is 4.37. The van der Waals surface area contributed by atoms with E-state index in [9.17, 15) is 0 Å². The molecule has 2 heterocycles. The van der Waals surface area contributed by atoms with Gasteiger partial charge < -0.3 is 20.1 Å². The topological polar surface area (TPSA) is 84.5 Å². The van der Waals surface area contributed by atoms with Crippen LogP contribution in [0.3, 0.4) is 0 Å². The lowest BCUT2D eigenvalue weighted by Gasteiger charge is -2.28. The summed E-state index contributed by atoms with van der Waals surface area (Å²) in [4.78, 5) is 6.63. The lowest BCUT2D eigenvalue weighted by Crippen LogP contribution is -2.36. The zero-order valence-electron chi connectivity index (χ0n) is 15.6. The summed E-state index contributed by atoms with van der Waals surface area (Å²) in [5.41, 5.74) is 9.62. The number of aromatic nitrogens is 1. The van der Waals surface area contributed by atoms with Gasteiger partial charge in [-0.1, -0.05) is 0 Å². The minimum atomic E-state index is 0.0638. The normalized spacial score (nSPS) is 14.5. The molecule has 2 aromatic rings. The van der Waals surface area contributed by atoms with Crippen molar-refractivity contribution in [2.24, 2.45) is 0 Å². The number of morpholine rings is 1. The molecule has 6 heteroatoms. The van der Waals surface area contributed by atoms with E-state index < -0.39 is 0 Å². The van der Waals surface area contributed by atoms with E-state index >= 15 is 0 Å². The van der Waals surface area contributed by atoms with Crippen LogP contribution in [-0.2, 0) is 4.74 Å². The second-order valence-electron chi connectivity index (χ2n) is 6.75. The van der Waals surface area contributed by atoms with Gasteiger partial charge in [0.2, 0.25) is 0 Å². The van der Waals surface area contributed by atoms with E-state index in [0.717, 1.165) is 35.8 Å². The summed E-state index contributed by atoms with van der Waals surface area (Å²) in [6.07, 6.45) is 1.81. The van der Waals surface area contributed by atoms with Crippen LogP contribution < -0.4 is 15.4 Å². The number of pyridine rings is 1. The summed E-state index contributed by atoms with van der Waals surface area (Å²) < 4.78 is 11.2. The molecule has 0 amide bonds. The van der Waals surface area contributed by atoms with Crippen LogP contribution in [0.5, 0.6) is 5.75 Å². The minimum absolute atomic E-state index is 0.0638. The number of nitrogens with two attached hydrogens (primary N) is 1. The number of aryl methyl sites for hydroxylation is 1. The number of benzene rings is 1. The van der Waals surface area contributed by atoms with Crippen molar-refractivity contribution in [2.75, 3.05) is 36.9 Å². The molecule has 0 unspecified atom stereocenters. The summed E-state index contributed by atoms with van der Waals surface area (Å²) in [6, 6.07) is 7.55. The van der Waals surface area contributed by atoms with E-state index in [2.05, 4.69) is 9.88 Å². The summed E-state index contributed by atoms with van der Waals surface area (Å²) >= 11 is 0. The first-order valence-corrected chi connectivity index (χ1v) is 8.90. The van der Waals surface area contributed by atoms with Crippen molar-refractivity contribution in [1.82, 2.24) is 4.98 Å². The molecule has 1 aliphatic heterocycles. The molecular formula is C20H26N4O2. The maximum Gasteiger partial charge on any atom is 0.129 e. The minimum Gasteiger partial charge on any atom is -0.491 e. The van der Waals surface area contributed by atoms with Gasteiger partial charge >= 0.3 is 0 Å². The molecule has 1 aromatic heterocycles. The van der Waals surface area contributed by atoms with E-state index in [4.69, 9.17) is 20.6 Å². The second kappa shape index (κ2) is 7.74. The van der Waals surface area contributed by atoms with Crippen LogP contribution in [0.1, 0.15) is 30.5 Å². The molecule has 1 aromatic carbocycles. The molecule has 1 aliphatic rings. The van der Waals surface area contributed by atoms with Crippen molar-refractivity contribution in [3.05, 3.63) is 47.2 Å². The average Bonchev–Trinajstić information content (AvgIpc) is 2.64. The highest BCUT2D eigenvalue weighted by atomic mass is 16.5. The van der Waals surface area contributed by atoms with Gasteiger partial charge in [-0.2, -0.15) is 0 Å². The largest absolute Gasteiger partial charge is 0.491 e. The van der Waals surface area contributed by atoms with Crippen molar-refractivity contribution in [3.8, 4) is 5.75 Å². The number of hydrogen-bond acceptors (Lipinski definition) is 6. The number of nitrogens with one attached hydrogen (secondary N) is 1. The molecule has 3 N–H and O–H groups in total. The van der Waals surface area contributed by atoms with E-state index in [1.165, 1.54) is 0 Å². The molecule has 0 saturated carbocycles.